The quantitative estimate of drug-likeness (QED) is 0.870. The number of anilines is 1. The Bertz CT molecular complexity index is 511. The average Bonchev–Trinajstić information content (AvgIpc) is 2.47. The van der Waals surface area contributed by atoms with Gasteiger partial charge in [-0.05, 0) is 44.0 Å². The zero-order valence-corrected chi connectivity index (χ0v) is 14.4. The van der Waals surface area contributed by atoms with Gasteiger partial charge < -0.3 is 15.4 Å². The Morgan fingerprint density at radius 1 is 1.43 bits per heavy atom. The number of piperidine rings is 1. The molecule has 2 N–H and O–H groups in total. The van der Waals surface area contributed by atoms with E-state index in [-0.39, 0.29) is 5.91 Å². The predicted molar refractivity (Wildman–Crippen MR) is 88.7 cm³/mol. The lowest BCUT2D eigenvalue weighted by Crippen LogP contribution is -2.44. The minimum absolute atomic E-state index is 0.0522. The van der Waals surface area contributed by atoms with Crippen molar-refractivity contribution < 1.29 is 9.53 Å². The summed E-state index contributed by atoms with van der Waals surface area (Å²) in [5.74, 6) is 1.13. The molecule has 1 amide bonds. The molecule has 1 aromatic carbocycles. The second-order valence-corrected chi connectivity index (χ2v) is 7.01. The number of hydrogen-bond acceptors (Lipinski definition) is 3. The first kappa shape index (κ1) is 16.3. The normalized spacial score (nSPS) is 19.1. The third-order valence-electron chi connectivity index (χ3n) is 4.27. The lowest BCUT2D eigenvalue weighted by molar-refractivity contribution is -0.127. The first-order chi connectivity index (χ1) is 9.93. The Balaban J connectivity index is 2.11. The number of rotatable bonds is 4. The van der Waals surface area contributed by atoms with Gasteiger partial charge in [0.1, 0.15) is 5.75 Å². The minimum atomic E-state index is -0.400. The first-order valence-electron chi connectivity index (χ1n) is 7.30. The van der Waals surface area contributed by atoms with Gasteiger partial charge in [0.05, 0.1) is 7.11 Å². The predicted octanol–water partition coefficient (Wildman–Crippen LogP) is 3.42. The van der Waals surface area contributed by atoms with Gasteiger partial charge in [-0.1, -0.05) is 29.8 Å². The summed E-state index contributed by atoms with van der Waals surface area (Å²) in [6.45, 7) is 6.00. The van der Waals surface area contributed by atoms with Gasteiger partial charge in [0, 0.05) is 21.6 Å². The van der Waals surface area contributed by atoms with Crippen LogP contribution in [-0.2, 0) is 4.79 Å². The zero-order chi connectivity index (χ0) is 15.5. The van der Waals surface area contributed by atoms with Crippen LogP contribution < -0.4 is 15.4 Å². The molecular weight excluding hydrogens is 332 g/mol. The molecule has 1 aliphatic rings. The Kier molecular flexibility index (Phi) is 5.27. The van der Waals surface area contributed by atoms with E-state index in [9.17, 15) is 4.79 Å². The zero-order valence-electron chi connectivity index (χ0n) is 12.8. The molecule has 1 aliphatic heterocycles. The number of nitrogens with one attached hydrogen (secondary N) is 2. The van der Waals surface area contributed by atoms with Crippen molar-refractivity contribution in [2.24, 2.45) is 11.3 Å². The van der Waals surface area contributed by atoms with Crippen molar-refractivity contribution in [3.05, 3.63) is 22.7 Å². The van der Waals surface area contributed by atoms with Gasteiger partial charge in [-0.2, -0.15) is 0 Å². The number of amides is 1. The molecule has 1 atom stereocenters. The number of ether oxygens (including phenoxy) is 1. The van der Waals surface area contributed by atoms with E-state index in [0.29, 0.717) is 5.92 Å². The van der Waals surface area contributed by atoms with Gasteiger partial charge in [-0.3, -0.25) is 4.79 Å². The van der Waals surface area contributed by atoms with Crippen molar-refractivity contribution in [2.45, 2.75) is 26.7 Å². The molecule has 0 aromatic heterocycles. The maximum absolute atomic E-state index is 12.6. The van der Waals surface area contributed by atoms with Gasteiger partial charge in [0.25, 0.3) is 0 Å². The molecule has 1 saturated heterocycles. The van der Waals surface area contributed by atoms with E-state index >= 15 is 0 Å². The van der Waals surface area contributed by atoms with Crippen LogP contribution in [0.4, 0.5) is 5.69 Å². The number of benzene rings is 1. The highest BCUT2D eigenvalue weighted by Gasteiger charge is 2.37. The largest absolute Gasteiger partial charge is 0.497 e. The number of hydrogen-bond donors (Lipinski definition) is 2. The molecule has 0 saturated carbocycles. The molecular formula is C16H23BrN2O2. The summed E-state index contributed by atoms with van der Waals surface area (Å²) in [5.41, 5.74) is 0.353. The second kappa shape index (κ2) is 6.79. The molecule has 116 valence electrons. The second-order valence-electron chi connectivity index (χ2n) is 6.10. The lowest BCUT2D eigenvalue weighted by Gasteiger charge is -2.36. The SMILES string of the molecule is COc1cc(Br)cc(NC(=O)C(C)(C)C2CCCNC2)c1. The molecule has 21 heavy (non-hydrogen) atoms. The molecule has 1 unspecified atom stereocenters. The molecule has 1 fully saturated rings. The Morgan fingerprint density at radius 2 is 2.19 bits per heavy atom. The summed E-state index contributed by atoms with van der Waals surface area (Å²) in [6, 6.07) is 5.58. The van der Waals surface area contributed by atoms with Gasteiger partial charge in [0.15, 0.2) is 0 Å². The van der Waals surface area contributed by atoms with Crippen molar-refractivity contribution in [1.82, 2.24) is 5.32 Å². The van der Waals surface area contributed by atoms with Crippen molar-refractivity contribution in [2.75, 3.05) is 25.5 Å². The van der Waals surface area contributed by atoms with Crippen molar-refractivity contribution in [3.63, 3.8) is 0 Å². The van der Waals surface area contributed by atoms with Crippen LogP contribution in [0.5, 0.6) is 5.75 Å². The molecule has 0 radical (unpaired) electrons. The molecule has 0 bridgehead atoms. The summed E-state index contributed by atoms with van der Waals surface area (Å²) < 4.78 is 6.11. The number of carbonyl (C=O) groups is 1. The van der Waals surface area contributed by atoms with Crippen LogP contribution in [0.25, 0.3) is 0 Å². The average molecular weight is 355 g/mol. The van der Waals surface area contributed by atoms with E-state index in [1.807, 2.05) is 32.0 Å². The van der Waals surface area contributed by atoms with Crippen molar-refractivity contribution in [3.8, 4) is 5.75 Å². The van der Waals surface area contributed by atoms with Gasteiger partial charge in [-0.15, -0.1) is 0 Å². The first-order valence-corrected chi connectivity index (χ1v) is 8.09. The monoisotopic (exact) mass is 354 g/mol. The van der Waals surface area contributed by atoms with Crippen LogP contribution in [0.2, 0.25) is 0 Å². The smallest absolute Gasteiger partial charge is 0.230 e. The molecule has 4 nitrogen and oxygen atoms in total. The van der Waals surface area contributed by atoms with Crippen molar-refractivity contribution >= 4 is 27.5 Å². The third kappa shape index (κ3) is 3.98. The Hall–Kier alpha value is -1.07. The molecule has 1 aromatic rings. The highest BCUT2D eigenvalue weighted by Crippen LogP contribution is 2.34. The van der Waals surface area contributed by atoms with E-state index in [0.717, 1.165) is 41.8 Å². The van der Waals surface area contributed by atoms with E-state index in [4.69, 9.17) is 4.74 Å². The highest BCUT2D eigenvalue weighted by atomic mass is 79.9. The van der Waals surface area contributed by atoms with Crippen LogP contribution in [-0.4, -0.2) is 26.1 Å². The Labute approximate surface area is 134 Å². The van der Waals surface area contributed by atoms with E-state index in [1.54, 1.807) is 7.11 Å². The van der Waals surface area contributed by atoms with Gasteiger partial charge in [-0.25, -0.2) is 0 Å². The fourth-order valence-corrected chi connectivity index (χ4v) is 3.17. The van der Waals surface area contributed by atoms with Crippen LogP contribution in [0.15, 0.2) is 22.7 Å². The highest BCUT2D eigenvalue weighted by molar-refractivity contribution is 9.10. The van der Waals surface area contributed by atoms with Gasteiger partial charge in [0.2, 0.25) is 5.91 Å². The third-order valence-corrected chi connectivity index (χ3v) is 4.73. The summed E-state index contributed by atoms with van der Waals surface area (Å²) in [6.07, 6.45) is 2.22. The van der Waals surface area contributed by atoms with Crippen LogP contribution in [0, 0.1) is 11.3 Å². The summed E-state index contributed by atoms with van der Waals surface area (Å²) in [5, 5.41) is 6.40. The summed E-state index contributed by atoms with van der Waals surface area (Å²) in [4.78, 5) is 12.6. The molecule has 0 spiro atoms. The van der Waals surface area contributed by atoms with Crippen LogP contribution >= 0.6 is 15.9 Å². The fraction of sp³-hybridized carbons (Fsp3) is 0.562. The van der Waals surface area contributed by atoms with E-state index in [2.05, 4.69) is 26.6 Å². The van der Waals surface area contributed by atoms with Gasteiger partial charge >= 0.3 is 0 Å². The minimum Gasteiger partial charge on any atom is -0.497 e. The Morgan fingerprint density at radius 3 is 2.81 bits per heavy atom. The maximum Gasteiger partial charge on any atom is 0.230 e. The van der Waals surface area contributed by atoms with Crippen LogP contribution in [0.3, 0.4) is 0 Å². The molecule has 0 aliphatic carbocycles. The van der Waals surface area contributed by atoms with Crippen LogP contribution in [0.1, 0.15) is 26.7 Å². The standard InChI is InChI=1S/C16H23BrN2O2/c1-16(2,11-5-4-6-18-10-11)15(20)19-13-7-12(17)8-14(9-13)21-3/h7-9,11,18H,4-6,10H2,1-3H3,(H,19,20). The lowest BCUT2D eigenvalue weighted by atomic mass is 9.74. The molecule has 2 rings (SSSR count). The summed E-state index contributed by atoms with van der Waals surface area (Å²) >= 11 is 3.43. The topological polar surface area (TPSA) is 50.4 Å². The van der Waals surface area contributed by atoms with E-state index < -0.39 is 5.41 Å². The fourth-order valence-electron chi connectivity index (χ4n) is 2.70. The number of carbonyl (C=O) groups excluding carboxylic acids is 1. The number of halogens is 1. The van der Waals surface area contributed by atoms with E-state index in [1.165, 1.54) is 0 Å². The van der Waals surface area contributed by atoms with Crippen molar-refractivity contribution in [1.29, 1.82) is 0 Å². The maximum atomic E-state index is 12.6. The molecule has 1 heterocycles. The number of methoxy groups -OCH3 is 1. The molecule has 5 heteroatoms. The summed E-state index contributed by atoms with van der Waals surface area (Å²) in [7, 11) is 1.62.